The van der Waals surface area contributed by atoms with Crippen molar-refractivity contribution in [1.29, 1.82) is 5.26 Å². The summed E-state index contributed by atoms with van der Waals surface area (Å²) in [6.07, 6.45) is 0. The molecule has 4 nitrogen and oxygen atoms in total. The second-order valence-electron chi connectivity index (χ2n) is 7.57. The summed E-state index contributed by atoms with van der Waals surface area (Å²) in [6, 6.07) is 22.6. The molecule has 0 aromatic heterocycles. The summed E-state index contributed by atoms with van der Waals surface area (Å²) in [5, 5.41) is 6.25. The van der Waals surface area contributed by atoms with Crippen molar-refractivity contribution in [3.63, 3.8) is 0 Å². The van der Waals surface area contributed by atoms with Gasteiger partial charge in [0.1, 0.15) is 0 Å². The Morgan fingerprint density at radius 3 is 1.26 bits per heavy atom. The van der Waals surface area contributed by atoms with Crippen LogP contribution in [0.2, 0.25) is 0 Å². The first kappa shape index (κ1) is 29.6. The van der Waals surface area contributed by atoms with Crippen LogP contribution < -0.4 is 0 Å². The van der Waals surface area contributed by atoms with Crippen molar-refractivity contribution in [2.75, 3.05) is 7.15 Å². The Kier molecular flexibility index (Phi) is 10.7. The second-order valence-corrected chi connectivity index (χ2v) is 10.3. The van der Waals surface area contributed by atoms with Crippen molar-refractivity contribution in [1.82, 2.24) is 0 Å². The molecule has 0 atom stereocenters. The zero-order chi connectivity index (χ0) is 28.0. The Balaban J connectivity index is 0.000000231. The van der Waals surface area contributed by atoms with Crippen molar-refractivity contribution in [3.8, 4) is 22.3 Å². The van der Waals surface area contributed by atoms with Gasteiger partial charge in [-0.05, 0) is 64.7 Å². The van der Waals surface area contributed by atoms with E-state index < -0.39 is 7.15 Å². The molecule has 0 fully saturated rings. The Bertz CT molecular complexity index is 1580. The van der Waals surface area contributed by atoms with Crippen LogP contribution >= 0.6 is 47.8 Å². The smallest absolute Gasteiger partial charge is 0.512 e. The summed E-state index contributed by atoms with van der Waals surface area (Å²) >= 11 is 10.1. The Labute approximate surface area is 257 Å². The van der Waals surface area contributed by atoms with Gasteiger partial charge < -0.3 is 11.8 Å². The maximum Gasteiger partial charge on any atom is 1.00 e. The van der Waals surface area contributed by atoms with Crippen LogP contribution in [0.15, 0.2) is 86.2 Å². The molecule has 4 aromatic rings. The molecule has 2 aliphatic rings. The third-order valence-corrected chi connectivity index (χ3v) is 7.12. The van der Waals surface area contributed by atoms with E-state index in [2.05, 4.69) is 52.6 Å². The van der Waals surface area contributed by atoms with Gasteiger partial charge in [-0.2, -0.15) is 0 Å². The summed E-state index contributed by atoms with van der Waals surface area (Å²) in [4.78, 5) is 27.7. The van der Waals surface area contributed by atoms with Crippen LogP contribution in [0.5, 0.6) is 0 Å². The van der Waals surface area contributed by atoms with Gasteiger partial charge in [-0.25, -0.2) is 4.85 Å². The normalized spacial score (nSPS) is 11.1. The molecular weight excluding hydrogens is 731 g/mol. The molecule has 6 rings (SSSR count). The summed E-state index contributed by atoms with van der Waals surface area (Å²) in [5.41, 5.74) is 7.32. The van der Waals surface area contributed by atoms with Crippen LogP contribution in [0.3, 0.4) is 0 Å². The molecule has 2 aliphatic carbocycles. The Morgan fingerprint density at radius 1 is 0.658 bits per heavy atom. The summed E-state index contributed by atoms with van der Waals surface area (Å²) in [7, 11) is -1.00. The first-order chi connectivity index (χ1) is 18.3. The fourth-order valence-corrected chi connectivity index (χ4v) is 5.22. The van der Waals surface area contributed by atoms with Gasteiger partial charge in [-0.3, -0.25) is 14.0 Å². The van der Waals surface area contributed by atoms with Crippen LogP contribution in [0, 0.1) is 18.4 Å². The van der Waals surface area contributed by atoms with Crippen molar-refractivity contribution in [2.45, 2.75) is 0 Å². The van der Waals surface area contributed by atoms with Crippen molar-refractivity contribution >= 4 is 65.0 Å². The maximum absolute atomic E-state index is 12.2. The van der Waals surface area contributed by atoms with E-state index >= 15 is 0 Å². The Hall–Kier alpha value is -2.91. The number of alkyl halides is 1. The minimum atomic E-state index is -1.00. The van der Waals surface area contributed by atoms with Crippen molar-refractivity contribution in [2.24, 2.45) is 0 Å². The van der Waals surface area contributed by atoms with E-state index in [1.165, 1.54) is 0 Å². The monoisotopic (exact) mass is 743 g/mol. The molecule has 0 spiro atoms. The molecule has 0 amide bonds. The molecule has 0 aliphatic heterocycles. The van der Waals surface area contributed by atoms with E-state index in [0.29, 0.717) is 16.8 Å². The molecule has 0 saturated carbocycles. The first-order valence-electron chi connectivity index (χ1n) is 11.1. The van der Waals surface area contributed by atoms with Crippen molar-refractivity contribution < 1.29 is 32.4 Å². The van der Waals surface area contributed by atoms with Gasteiger partial charge >= 0.3 is 17.1 Å². The molecule has 192 valence electrons. The number of hydrogen-bond donors (Lipinski definition) is 0. The number of carbonyl (C=O) groups is 2. The van der Waals surface area contributed by atoms with Crippen LogP contribution in [0.25, 0.3) is 27.1 Å². The van der Waals surface area contributed by atoms with Crippen LogP contribution in [0.1, 0.15) is 33.2 Å². The molecule has 0 bridgehead atoms. The van der Waals surface area contributed by atoms with E-state index in [1.807, 2.05) is 60.7 Å². The largest absolute Gasteiger partial charge is 1.00 e. The zero-order valence-electron chi connectivity index (χ0n) is 20.2. The molecule has 38 heavy (non-hydrogen) atoms. The third-order valence-electron chi connectivity index (χ3n) is 5.64. The second kappa shape index (κ2) is 13.8. The predicted molar refractivity (Wildman–Crippen MR) is 152 cm³/mol. The minimum Gasteiger partial charge on any atom is -0.512 e. The quantitative estimate of drug-likeness (QED) is 0.115. The van der Waals surface area contributed by atoms with E-state index in [0.717, 1.165) is 46.8 Å². The van der Waals surface area contributed by atoms with Gasteiger partial charge in [0, 0.05) is 35.7 Å². The fourth-order valence-electron chi connectivity index (χ4n) is 4.13. The van der Waals surface area contributed by atoms with Crippen LogP contribution in [0.4, 0.5) is 10.1 Å². The van der Waals surface area contributed by atoms with Gasteiger partial charge in [0.25, 0.3) is 0 Å². The van der Waals surface area contributed by atoms with E-state index in [-0.39, 0.29) is 28.6 Å². The fraction of sp³-hybridized carbons (Fsp3) is 0.0345. The number of benzene rings is 4. The van der Waals surface area contributed by atoms with Gasteiger partial charge in [-0.1, -0.05) is 78.1 Å². The predicted octanol–water partition coefficient (Wildman–Crippen LogP) is 9.31. The number of carbonyl (C=O) groups excluding carboxylic acids is 2. The maximum atomic E-state index is 12.2. The van der Waals surface area contributed by atoms with Gasteiger partial charge in [0.15, 0.2) is 17.3 Å². The molecule has 0 heterocycles. The number of nitrogens with zero attached hydrogens (tertiary/aromatic N) is 2. The molecule has 4 aromatic carbocycles. The van der Waals surface area contributed by atoms with Gasteiger partial charge in [-0.15, -0.1) is 0 Å². The minimum absolute atomic E-state index is 0. The average molecular weight is 747 g/mol. The molecule has 0 unspecified atom stereocenters. The summed E-state index contributed by atoms with van der Waals surface area (Å²) in [5.74, 6) is 0.106. The molecular formula is C29H15Br3CuFN2O2. The van der Waals surface area contributed by atoms with Gasteiger partial charge in [0.05, 0.1) is 15.1 Å². The SMILES string of the molecule is O=C1c2cc(Br)ccc2-c2ccc(Br)cc21.[2H]CF.[C-]#N.[C-]#[N+]c1ccc2c(c1)C(=O)c1cc(Br)ccc1-2.[Cu+]. The van der Waals surface area contributed by atoms with Crippen LogP contribution in [-0.2, 0) is 17.1 Å². The van der Waals surface area contributed by atoms with E-state index in [1.54, 1.807) is 12.1 Å². The first-order valence-corrected chi connectivity index (χ1v) is 12.7. The number of fused-ring (bicyclic) bond motifs is 6. The standard InChI is InChI=1S/C14H6BrNO.C13H6Br2O.CH3F.CN.Cu/c1-16-9-3-5-11-10-4-2-8(15)6-12(10)14(17)13(11)7-9;14-7-1-3-9-10-4-2-8(15)6-12(10)13(16)11(9)5-7;2*1-2;/h2-7H;1-6H;1H3;;/q;;;-1;+1/i;;1D;;. The molecule has 0 saturated heterocycles. The zero-order valence-corrected chi connectivity index (χ0v) is 24.9. The number of hydrogen-bond acceptors (Lipinski definition) is 3. The third kappa shape index (κ3) is 6.04. The molecule has 0 radical (unpaired) electrons. The Morgan fingerprint density at radius 2 is 0.947 bits per heavy atom. The number of halogens is 4. The summed E-state index contributed by atoms with van der Waals surface area (Å²) in [6.45, 7) is 11.7. The number of ketones is 2. The molecule has 9 heteroatoms. The van der Waals surface area contributed by atoms with Crippen molar-refractivity contribution in [3.05, 3.63) is 126 Å². The van der Waals surface area contributed by atoms with E-state index in [4.69, 9.17) is 19.8 Å². The van der Waals surface area contributed by atoms with E-state index in [9.17, 15) is 14.0 Å². The van der Waals surface area contributed by atoms with Crippen LogP contribution in [-0.4, -0.2) is 18.7 Å². The summed E-state index contributed by atoms with van der Waals surface area (Å²) < 4.78 is 18.3. The molecule has 0 N–H and O–H groups in total. The van der Waals surface area contributed by atoms with Gasteiger partial charge in [0.2, 0.25) is 0 Å². The average Bonchev–Trinajstić information content (AvgIpc) is 3.35. The topological polar surface area (TPSA) is 62.3 Å². The number of rotatable bonds is 0.